The number of rotatable bonds is 6. The molecule has 5 rings (SSSR count). The summed E-state index contributed by atoms with van der Waals surface area (Å²) >= 11 is 0. The van der Waals surface area contributed by atoms with Gasteiger partial charge in [-0.3, -0.25) is 21.3 Å². The first-order valence-corrected chi connectivity index (χ1v) is 12.9. The van der Waals surface area contributed by atoms with Crippen LogP contribution in [0.15, 0.2) is 11.6 Å². The van der Waals surface area contributed by atoms with Gasteiger partial charge >= 0.3 is 0 Å². The molecule has 8 atom stereocenters. The van der Waals surface area contributed by atoms with Crippen LogP contribution in [0.1, 0.15) is 58.3 Å². The second-order valence-corrected chi connectivity index (χ2v) is 10.4. The van der Waals surface area contributed by atoms with Gasteiger partial charge in [0.25, 0.3) is 0 Å². The first-order chi connectivity index (χ1) is 15.2. The van der Waals surface area contributed by atoms with Gasteiger partial charge < -0.3 is 14.8 Å². The van der Waals surface area contributed by atoms with E-state index in [1.807, 2.05) is 0 Å². The molecule has 0 aromatic rings. The third-order valence-electron chi connectivity index (χ3n) is 8.02. The number of fused-ring (bicyclic) bond motifs is 1. The van der Waals surface area contributed by atoms with Gasteiger partial charge in [-0.1, -0.05) is 11.6 Å². The van der Waals surface area contributed by atoms with E-state index in [0.29, 0.717) is 42.3 Å². The van der Waals surface area contributed by atoms with Crippen molar-refractivity contribution in [3.63, 3.8) is 0 Å². The molecule has 0 aromatic carbocycles. The second kappa shape index (κ2) is 10.6. The Hall–Kier alpha value is -0.540. The summed E-state index contributed by atoms with van der Waals surface area (Å²) in [5, 5.41) is 18.7. The van der Waals surface area contributed by atoms with Crippen LogP contribution in [0, 0.1) is 11.8 Å². The highest BCUT2D eigenvalue weighted by Crippen LogP contribution is 2.42. The fourth-order valence-electron chi connectivity index (χ4n) is 6.49. The van der Waals surface area contributed by atoms with Crippen LogP contribution in [0.3, 0.4) is 0 Å². The molecule has 0 spiro atoms. The summed E-state index contributed by atoms with van der Waals surface area (Å²) in [5.74, 6) is 1.27. The van der Waals surface area contributed by atoms with Gasteiger partial charge in [0, 0.05) is 44.3 Å². The highest BCUT2D eigenvalue weighted by atomic mass is 16.5. The third kappa shape index (κ3) is 5.69. The Bertz CT molecular complexity index is 611. The quantitative estimate of drug-likeness (QED) is 0.406. The zero-order chi connectivity index (χ0) is 21.0. The second-order valence-electron chi connectivity index (χ2n) is 10.4. The van der Waals surface area contributed by atoms with Crippen molar-refractivity contribution in [1.82, 2.24) is 26.6 Å². The molecule has 0 radical (unpaired) electrons. The number of hydrogen-bond acceptors (Lipinski definition) is 7. The Morgan fingerprint density at radius 2 is 2.03 bits per heavy atom. The highest BCUT2D eigenvalue weighted by molar-refractivity contribution is 5.15. The Morgan fingerprint density at radius 3 is 2.94 bits per heavy atom. The smallest absolute Gasteiger partial charge is 0.113 e. The van der Waals surface area contributed by atoms with E-state index in [1.165, 1.54) is 44.9 Å². The van der Waals surface area contributed by atoms with Crippen LogP contribution in [0.5, 0.6) is 0 Å². The molecule has 8 unspecified atom stereocenters. The maximum Gasteiger partial charge on any atom is 0.113 e. The zero-order valence-corrected chi connectivity index (χ0v) is 19.2. The molecule has 7 nitrogen and oxygen atoms in total. The van der Waals surface area contributed by atoms with Crippen molar-refractivity contribution in [3.8, 4) is 0 Å². The van der Waals surface area contributed by atoms with Crippen molar-refractivity contribution < 1.29 is 9.47 Å². The zero-order valence-electron chi connectivity index (χ0n) is 19.2. The van der Waals surface area contributed by atoms with E-state index in [4.69, 9.17) is 9.47 Å². The molecule has 7 heteroatoms. The molecule has 5 aliphatic rings. The number of ether oxygens (including phenoxy) is 2. The molecule has 0 bridgehead atoms. The van der Waals surface area contributed by atoms with Crippen molar-refractivity contribution in [2.45, 2.75) is 95.0 Å². The van der Waals surface area contributed by atoms with Gasteiger partial charge in [-0.15, -0.1) is 0 Å². The van der Waals surface area contributed by atoms with E-state index < -0.39 is 0 Å². The van der Waals surface area contributed by atoms with Gasteiger partial charge in [0.1, 0.15) is 6.29 Å². The summed E-state index contributed by atoms with van der Waals surface area (Å²) < 4.78 is 12.1. The van der Waals surface area contributed by atoms with E-state index in [0.717, 1.165) is 39.3 Å². The molecule has 0 amide bonds. The van der Waals surface area contributed by atoms with E-state index in [1.54, 1.807) is 5.57 Å². The summed E-state index contributed by atoms with van der Waals surface area (Å²) in [7, 11) is 0. The van der Waals surface area contributed by atoms with Crippen molar-refractivity contribution in [2.75, 3.05) is 32.8 Å². The van der Waals surface area contributed by atoms with Gasteiger partial charge in [0.05, 0.1) is 18.4 Å². The van der Waals surface area contributed by atoms with Gasteiger partial charge in [0.15, 0.2) is 0 Å². The fourth-order valence-corrected chi connectivity index (χ4v) is 6.49. The largest absolute Gasteiger partial charge is 0.377 e. The molecule has 0 aromatic heterocycles. The van der Waals surface area contributed by atoms with Gasteiger partial charge in [0.2, 0.25) is 0 Å². The first-order valence-electron chi connectivity index (χ1n) is 12.9. The molecular weight excluding hydrogens is 390 g/mol. The molecule has 1 saturated carbocycles. The summed E-state index contributed by atoms with van der Waals surface area (Å²) in [5.41, 5.74) is 1.64. The molecule has 176 valence electrons. The molecular formula is C24H43N5O2. The summed E-state index contributed by atoms with van der Waals surface area (Å²) in [6.45, 7) is 7.26. The normalized spacial score (nSPS) is 44.0. The first kappa shape index (κ1) is 22.3. The molecule has 4 fully saturated rings. The van der Waals surface area contributed by atoms with E-state index in [9.17, 15) is 0 Å². The lowest BCUT2D eigenvalue weighted by Crippen LogP contribution is -2.68. The predicted molar refractivity (Wildman–Crippen MR) is 123 cm³/mol. The third-order valence-corrected chi connectivity index (χ3v) is 8.02. The van der Waals surface area contributed by atoms with Gasteiger partial charge in [-0.25, -0.2) is 0 Å². The summed E-state index contributed by atoms with van der Waals surface area (Å²) in [4.78, 5) is 0. The summed E-state index contributed by atoms with van der Waals surface area (Å²) in [6.07, 6.45) is 13.4. The van der Waals surface area contributed by atoms with Crippen LogP contribution >= 0.6 is 0 Å². The molecule has 4 aliphatic heterocycles. The Labute approximate surface area is 187 Å². The molecule has 4 heterocycles. The molecule has 31 heavy (non-hydrogen) atoms. The maximum absolute atomic E-state index is 6.27. The predicted octanol–water partition coefficient (Wildman–Crippen LogP) is 1.42. The van der Waals surface area contributed by atoms with E-state index in [-0.39, 0.29) is 6.29 Å². The molecule has 3 saturated heterocycles. The fraction of sp³-hybridized carbons (Fsp3) is 0.917. The van der Waals surface area contributed by atoms with E-state index in [2.05, 4.69) is 39.6 Å². The van der Waals surface area contributed by atoms with Crippen LogP contribution in [0.25, 0.3) is 0 Å². The lowest BCUT2D eigenvalue weighted by Gasteiger charge is -2.43. The lowest BCUT2D eigenvalue weighted by molar-refractivity contribution is 0.0174. The molecule has 1 aliphatic carbocycles. The Kier molecular flexibility index (Phi) is 7.61. The van der Waals surface area contributed by atoms with Crippen molar-refractivity contribution in [3.05, 3.63) is 11.6 Å². The Balaban J connectivity index is 1.18. The number of hydrogen-bond donors (Lipinski definition) is 5. The van der Waals surface area contributed by atoms with Crippen LogP contribution < -0.4 is 26.6 Å². The monoisotopic (exact) mass is 433 g/mol. The minimum Gasteiger partial charge on any atom is -0.377 e. The minimum atomic E-state index is 0.153. The van der Waals surface area contributed by atoms with Crippen molar-refractivity contribution in [2.24, 2.45) is 11.8 Å². The van der Waals surface area contributed by atoms with Crippen LogP contribution in [-0.4, -0.2) is 69.6 Å². The van der Waals surface area contributed by atoms with Gasteiger partial charge in [-0.05, 0) is 70.8 Å². The van der Waals surface area contributed by atoms with Crippen molar-refractivity contribution in [1.29, 1.82) is 0 Å². The van der Waals surface area contributed by atoms with Gasteiger partial charge in [-0.2, -0.15) is 0 Å². The lowest BCUT2D eigenvalue weighted by atomic mass is 9.72. The van der Waals surface area contributed by atoms with E-state index >= 15 is 0 Å². The Morgan fingerprint density at radius 1 is 1.06 bits per heavy atom. The van der Waals surface area contributed by atoms with Crippen LogP contribution in [0.4, 0.5) is 0 Å². The van der Waals surface area contributed by atoms with Crippen molar-refractivity contribution >= 4 is 0 Å². The summed E-state index contributed by atoms with van der Waals surface area (Å²) in [6, 6.07) is 1.01. The average Bonchev–Trinajstić information content (AvgIpc) is 3.37. The van der Waals surface area contributed by atoms with Crippen LogP contribution in [-0.2, 0) is 9.47 Å². The SMILES string of the molecule is CC1CC(NCC2CCCO2)NC(NC2CC3CCOC3C(C3=CCNCCC3)C2)N1. The average molecular weight is 434 g/mol. The minimum absolute atomic E-state index is 0.153. The topological polar surface area (TPSA) is 78.6 Å². The number of nitrogens with one attached hydrogen (secondary N) is 5. The standard InChI is InChI=1S/C24H43N5O2/c1-16-12-22(26-15-20-5-3-10-30-20)29-24(27-16)28-19-13-18-7-11-31-23(18)21(14-19)17-4-2-8-25-9-6-17/h6,16,18-29H,2-5,7-15H2,1H3. The maximum atomic E-state index is 6.27. The highest BCUT2D eigenvalue weighted by Gasteiger charge is 2.43. The van der Waals surface area contributed by atoms with Crippen LogP contribution in [0.2, 0.25) is 0 Å². The molecule has 5 N–H and O–H groups in total.